The van der Waals surface area contributed by atoms with Crippen LogP contribution in [-0.2, 0) is 6.18 Å². The van der Waals surface area contributed by atoms with Crippen LogP contribution in [-0.4, -0.2) is 53.1 Å². The standard InChI is InChI=1S/C13H16F3N5O/c14-13(15,16)10-3-4-17-11(19-10)20-6-1-2-9(8-20)21-7-5-18-12(21)22/h3-4,9H,1-2,5-8H2,(H,18,22)/t9-/m1/s1. The Kier molecular flexibility index (Phi) is 3.79. The van der Waals surface area contributed by atoms with Gasteiger partial charge in [-0.15, -0.1) is 0 Å². The van der Waals surface area contributed by atoms with Gasteiger partial charge in [-0.3, -0.25) is 0 Å². The minimum absolute atomic E-state index is 0.0191. The third kappa shape index (κ3) is 2.93. The van der Waals surface area contributed by atoms with Gasteiger partial charge in [0.1, 0.15) is 5.69 Å². The number of alkyl halides is 3. The maximum Gasteiger partial charge on any atom is 0.433 e. The number of nitrogens with one attached hydrogen (secondary N) is 1. The molecule has 0 bridgehead atoms. The molecule has 6 nitrogen and oxygen atoms in total. The van der Waals surface area contributed by atoms with Crippen molar-refractivity contribution in [1.82, 2.24) is 20.2 Å². The van der Waals surface area contributed by atoms with E-state index in [9.17, 15) is 18.0 Å². The summed E-state index contributed by atoms with van der Waals surface area (Å²) in [7, 11) is 0. The molecule has 1 aromatic rings. The van der Waals surface area contributed by atoms with Gasteiger partial charge in [0.15, 0.2) is 0 Å². The summed E-state index contributed by atoms with van der Waals surface area (Å²) in [6, 6.07) is 0.727. The molecule has 1 atom stereocenters. The highest BCUT2D eigenvalue weighted by Gasteiger charge is 2.35. The molecule has 0 radical (unpaired) electrons. The largest absolute Gasteiger partial charge is 0.433 e. The van der Waals surface area contributed by atoms with E-state index in [-0.39, 0.29) is 18.0 Å². The van der Waals surface area contributed by atoms with Crippen molar-refractivity contribution >= 4 is 12.0 Å². The molecule has 2 fully saturated rings. The van der Waals surface area contributed by atoms with Crippen LogP contribution in [0.15, 0.2) is 12.3 Å². The molecular formula is C13H16F3N5O. The number of urea groups is 1. The SMILES string of the molecule is O=C1NCCN1[C@@H]1CCCN(c2nccc(C(F)(F)F)n2)C1. The number of nitrogens with zero attached hydrogens (tertiary/aromatic N) is 4. The summed E-state index contributed by atoms with van der Waals surface area (Å²) in [6.45, 7) is 2.28. The van der Waals surface area contributed by atoms with Gasteiger partial charge in [-0.25, -0.2) is 14.8 Å². The van der Waals surface area contributed by atoms with Gasteiger partial charge in [-0.05, 0) is 18.9 Å². The molecule has 1 aromatic heterocycles. The van der Waals surface area contributed by atoms with E-state index in [1.807, 2.05) is 0 Å². The van der Waals surface area contributed by atoms with Crippen LogP contribution in [0.1, 0.15) is 18.5 Å². The van der Waals surface area contributed by atoms with Gasteiger partial charge in [0.2, 0.25) is 5.95 Å². The van der Waals surface area contributed by atoms with Gasteiger partial charge in [0.05, 0.1) is 6.04 Å². The van der Waals surface area contributed by atoms with Gasteiger partial charge < -0.3 is 15.1 Å². The first-order chi connectivity index (χ1) is 10.4. The normalized spacial score (nSPS) is 22.9. The van der Waals surface area contributed by atoms with Crippen molar-refractivity contribution in [3.8, 4) is 0 Å². The van der Waals surface area contributed by atoms with Gasteiger partial charge in [0, 0.05) is 32.4 Å². The van der Waals surface area contributed by atoms with E-state index in [0.717, 1.165) is 25.1 Å². The minimum Gasteiger partial charge on any atom is -0.339 e. The number of rotatable bonds is 2. The van der Waals surface area contributed by atoms with Crippen molar-refractivity contribution < 1.29 is 18.0 Å². The quantitative estimate of drug-likeness (QED) is 0.898. The number of hydrogen-bond acceptors (Lipinski definition) is 4. The molecule has 0 aliphatic carbocycles. The first kappa shape index (κ1) is 14.9. The second-order valence-electron chi connectivity index (χ2n) is 5.41. The monoisotopic (exact) mass is 315 g/mol. The van der Waals surface area contributed by atoms with Gasteiger partial charge in [-0.1, -0.05) is 0 Å². The number of anilines is 1. The molecule has 9 heteroatoms. The molecule has 22 heavy (non-hydrogen) atoms. The number of carbonyl (C=O) groups is 1. The van der Waals surface area contributed by atoms with E-state index in [0.29, 0.717) is 26.2 Å². The average molecular weight is 315 g/mol. The zero-order chi connectivity index (χ0) is 15.7. The Hall–Kier alpha value is -2.06. The third-order valence-electron chi connectivity index (χ3n) is 3.94. The summed E-state index contributed by atoms with van der Waals surface area (Å²) >= 11 is 0. The predicted octanol–water partition coefficient (Wildman–Crippen LogP) is 1.49. The van der Waals surface area contributed by atoms with Crippen molar-refractivity contribution in [3.05, 3.63) is 18.0 Å². The number of halogens is 3. The summed E-state index contributed by atoms with van der Waals surface area (Å²) in [4.78, 5) is 22.7. The summed E-state index contributed by atoms with van der Waals surface area (Å²) in [5, 5.41) is 2.74. The maximum atomic E-state index is 12.7. The number of amides is 2. The van der Waals surface area contributed by atoms with Crippen LogP contribution >= 0.6 is 0 Å². The lowest BCUT2D eigenvalue weighted by Gasteiger charge is -2.37. The van der Waals surface area contributed by atoms with Gasteiger partial charge in [-0.2, -0.15) is 13.2 Å². The third-order valence-corrected chi connectivity index (χ3v) is 3.94. The average Bonchev–Trinajstić information content (AvgIpc) is 2.93. The lowest BCUT2D eigenvalue weighted by Crippen LogP contribution is -2.49. The van der Waals surface area contributed by atoms with Crippen LogP contribution in [0, 0.1) is 0 Å². The summed E-state index contributed by atoms with van der Waals surface area (Å²) in [6.07, 6.45) is -1.74. The fourth-order valence-electron chi connectivity index (χ4n) is 2.88. The second kappa shape index (κ2) is 5.62. The molecule has 3 rings (SSSR count). The second-order valence-corrected chi connectivity index (χ2v) is 5.41. The molecule has 0 spiro atoms. The highest BCUT2D eigenvalue weighted by molar-refractivity contribution is 5.76. The zero-order valence-corrected chi connectivity index (χ0v) is 11.8. The van der Waals surface area contributed by atoms with Crippen molar-refractivity contribution in [2.24, 2.45) is 0 Å². The molecule has 2 aliphatic rings. The van der Waals surface area contributed by atoms with Crippen molar-refractivity contribution in [2.75, 3.05) is 31.1 Å². The van der Waals surface area contributed by atoms with E-state index in [1.54, 1.807) is 9.80 Å². The highest BCUT2D eigenvalue weighted by Crippen LogP contribution is 2.29. The summed E-state index contributed by atoms with van der Waals surface area (Å²) < 4.78 is 38.2. The van der Waals surface area contributed by atoms with E-state index >= 15 is 0 Å². The van der Waals surface area contributed by atoms with Crippen LogP contribution in [0.25, 0.3) is 0 Å². The molecule has 2 saturated heterocycles. The Morgan fingerprint density at radius 2 is 2.14 bits per heavy atom. The Morgan fingerprint density at radius 3 is 2.82 bits per heavy atom. The molecule has 2 amide bonds. The predicted molar refractivity (Wildman–Crippen MR) is 72.4 cm³/mol. The highest BCUT2D eigenvalue weighted by atomic mass is 19.4. The van der Waals surface area contributed by atoms with Crippen molar-refractivity contribution in [3.63, 3.8) is 0 Å². The fraction of sp³-hybridized carbons (Fsp3) is 0.615. The topological polar surface area (TPSA) is 61.4 Å². The fourth-order valence-corrected chi connectivity index (χ4v) is 2.88. The number of aromatic nitrogens is 2. The molecule has 3 heterocycles. The first-order valence-electron chi connectivity index (χ1n) is 7.15. The van der Waals surface area contributed by atoms with E-state index in [2.05, 4.69) is 15.3 Å². The summed E-state index contributed by atoms with van der Waals surface area (Å²) in [5.41, 5.74) is -0.946. The van der Waals surface area contributed by atoms with Gasteiger partial charge in [0.25, 0.3) is 0 Å². The number of hydrogen-bond donors (Lipinski definition) is 1. The Morgan fingerprint density at radius 1 is 1.32 bits per heavy atom. The molecule has 120 valence electrons. The molecular weight excluding hydrogens is 299 g/mol. The van der Waals surface area contributed by atoms with E-state index < -0.39 is 11.9 Å². The first-order valence-corrected chi connectivity index (χ1v) is 7.15. The Labute approximate surface area is 125 Å². The van der Waals surface area contributed by atoms with Crippen molar-refractivity contribution in [2.45, 2.75) is 25.1 Å². The van der Waals surface area contributed by atoms with Crippen LogP contribution in [0.5, 0.6) is 0 Å². The van der Waals surface area contributed by atoms with Gasteiger partial charge >= 0.3 is 12.2 Å². The maximum absolute atomic E-state index is 12.7. The van der Waals surface area contributed by atoms with Crippen LogP contribution in [0.4, 0.5) is 23.9 Å². The van der Waals surface area contributed by atoms with E-state index in [4.69, 9.17) is 0 Å². The molecule has 0 unspecified atom stereocenters. The van der Waals surface area contributed by atoms with Crippen LogP contribution in [0.2, 0.25) is 0 Å². The van der Waals surface area contributed by atoms with Crippen LogP contribution in [0.3, 0.4) is 0 Å². The van der Waals surface area contributed by atoms with E-state index in [1.165, 1.54) is 0 Å². The lowest BCUT2D eigenvalue weighted by molar-refractivity contribution is -0.141. The number of carbonyl (C=O) groups excluding carboxylic acids is 1. The smallest absolute Gasteiger partial charge is 0.339 e. The Bertz CT molecular complexity index is 565. The summed E-state index contributed by atoms with van der Waals surface area (Å²) in [5.74, 6) is 0.0686. The number of piperidine rings is 1. The molecule has 0 saturated carbocycles. The van der Waals surface area contributed by atoms with Crippen molar-refractivity contribution in [1.29, 1.82) is 0 Å². The molecule has 2 aliphatic heterocycles. The molecule has 0 aromatic carbocycles. The lowest BCUT2D eigenvalue weighted by atomic mass is 10.0. The zero-order valence-electron chi connectivity index (χ0n) is 11.8. The minimum atomic E-state index is -4.48. The molecule has 1 N–H and O–H groups in total. The van der Waals surface area contributed by atoms with Crippen LogP contribution < -0.4 is 10.2 Å². The Balaban J connectivity index is 1.76.